The van der Waals surface area contributed by atoms with Crippen LogP contribution in [0.4, 0.5) is 0 Å². The van der Waals surface area contributed by atoms with Gasteiger partial charge in [-0.3, -0.25) is 9.69 Å². The van der Waals surface area contributed by atoms with E-state index in [-0.39, 0.29) is 17.9 Å². The van der Waals surface area contributed by atoms with Crippen LogP contribution in [0.3, 0.4) is 0 Å². The number of ether oxygens (including phenoxy) is 2. The number of likely N-dealkylation sites (tertiary alicyclic amines) is 1. The molecule has 1 fully saturated rings. The number of carbonyl (C=O) groups excluding carboxylic acids is 1. The first-order chi connectivity index (χ1) is 14.5. The van der Waals surface area contributed by atoms with Crippen LogP contribution in [0.1, 0.15) is 43.4 Å². The molecular formula is C24H31ClN2O3. The minimum absolute atomic E-state index is 0.0400. The van der Waals surface area contributed by atoms with Crippen molar-refractivity contribution in [2.45, 2.75) is 38.8 Å². The Labute approximate surface area is 184 Å². The standard InChI is InChI=1S/C24H31ClN2O3/c1-4-21(19-8-9-22(29-2)23(15-19)30-3)26-24(28)18-10-12-27(13-11-18)16-17-6-5-7-20(25)14-17/h5-9,14-15,18,21H,4,10-13,16H2,1-3H3,(H,26,28). The zero-order chi connectivity index (χ0) is 21.5. The number of halogens is 1. The number of methoxy groups -OCH3 is 2. The maximum Gasteiger partial charge on any atom is 0.223 e. The van der Waals surface area contributed by atoms with Gasteiger partial charge < -0.3 is 14.8 Å². The van der Waals surface area contributed by atoms with E-state index in [1.807, 2.05) is 36.4 Å². The summed E-state index contributed by atoms with van der Waals surface area (Å²) in [5, 5.41) is 4.01. The highest BCUT2D eigenvalue weighted by atomic mass is 35.5. The van der Waals surface area contributed by atoms with E-state index >= 15 is 0 Å². The Morgan fingerprint density at radius 2 is 1.87 bits per heavy atom. The summed E-state index contributed by atoms with van der Waals surface area (Å²) in [6.07, 6.45) is 2.55. The molecule has 1 aliphatic rings. The summed E-state index contributed by atoms with van der Waals surface area (Å²) in [5.74, 6) is 1.56. The Kier molecular flexibility index (Phi) is 8.00. The molecule has 1 aliphatic heterocycles. The van der Waals surface area contributed by atoms with Gasteiger partial charge in [0.15, 0.2) is 11.5 Å². The molecule has 6 heteroatoms. The van der Waals surface area contributed by atoms with Crippen molar-refractivity contribution in [1.82, 2.24) is 10.2 Å². The van der Waals surface area contributed by atoms with Gasteiger partial charge in [-0.2, -0.15) is 0 Å². The average molecular weight is 431 g/mol. The van der Waals surface area contributed by atoms with Crippen LogP contribution in [-0.2, 0) is 11.3 Å². The van der Waals surface area contributed by atoms with Gasteiger partial charge in [-0.05, 0) is 67.7 Å². The highest BCUT2D eigenvalue weighted by Gasteiger charge is 2.27. The number of nitrogens with zero attached hydrogens (tertiary/aromatic N) is 1. The number of rotatable bonds is 8. The Morgan fingerprint density at radius 3 is 2.50 bits per heavy atom. The number of carbonyl (C=O) groups is 1. The maximum absolute atomic E-state index is 12.9. The third-order valence-electron chi connectivity index (χ3n) is 5.79. The number of amides is 1. The van der Waals surface area contributed by atoms with E-state index in [4.69, 9.17) is 21.1 Å². The molecule has 0 spiro atoms. The fourth-order valence-corrected chi connectivity index (χ4v) is 4.24. The fourth-order valence-electron chi connectivity index (χ4n) is 4.03. The van der Waals surface area contributed by atoms with E-state index < -0.39 is 0 Å². The van der Waals surface area contributed by atoms with Crippen LogP contribution in [-0.4, -0.2) is 38.1 Å². The Balaban J connectivity index is 1.55. The molecule has 2 aromatic rings. The van der Waals surface area contributed by atoms with E-state index in [1.54, 1.807) is 14.2 Å². The van der Waals surface area contributed by atoms with Crippen LogP contribution in [0.5, 0.6) is 11.5 Å². The molecule has 162 valence electrons. The molecule has 1 N–H and O–H groups in total. The van der Waals surface area contributed by atoms with Gasteiger partial charge in [-0.1, -0.05) is 36.7 Å². The maximum atomic E-state index is 12.9. The quantitative estimate of drug-likeness (QED) is 0.651. The first-order valence-corrected chi connectivity index (χ1v) is 10.9. The SMILES string of the molecule is CCC(NC(=O)C1CCN(Cc2cccc(Cl)c2)CC1)c1ccc(OC)c(OC)c1. The summed E-state index contributed by atoms with van der Waals surface area (Å²) >= 11 is 6.09. The molecule has 0 radical (unpaired) electrons. The predicted octanol–water partition coefficient (Wildman–Crippen LogP) is 4.84. The number of nitrogens with one attached hydrogen (secondary N) is 1. The third-order valence-corrected chi connectivity index (χ3v) is 6.02. The molecule has 0 saturated carbocycles. The zero-order valence-corrected chi connectivity index (χ0v) is 18.7. The smallest absolute Gasteiger partial charge is 0.223 e. The van der Waals surface area contributed by atoms with E-state index in [2.05, 4.69) is 23.2 Å². The van der Waals surface area contributed by atoms with Gasteiger partial charge in [0, 0.05) is 17.5 Å². The lowest BCUT2D eigenvalue weighted by atomic mass is 9.94. The van der Waals surface area contributed by atoms with E-state index in [0.29, 0.717) is 11.5 Å². The van der Waals surface area contributed by atoms with Crippen molar-refractivity contribution in [3.8, 4) is 11.5 Å². The summed E-state index contributed by atoms with van der Waals surface area (Å²) < 4.78 is 10.7. The molecule has 5 nitrogen and oxygen atoms in total. The molecule has 1 saturated heterocycles. The van der Waals surface area contributed by atoms with Crippen LogP contribution in [0.15, 0.2) is 42.5 Å². The summed E-state index contributed by atoms with van der Waals surface area (Å²) in [6, 6.07) is 13.8. The first-order valence-electron chi connectivity index (χ1n) is 10.5. The zero-order valence-electron chi connectivity index (χ0n) is 18.0. The molecule has 0 aliphatic carbocycles. The minimum atomic E-state index is -0.0400. The second kappa shape index (κ2) is 10.7. The molecule has 1 atom stereocenters. The molecule has 2 aromatic carbocycles. The third kappa shape index (κ3) is 5.67. The molecule has 1 amide bonds. The summed E-state index contributed by atoms with van der Waals surface area (Å²) in [7, 11) is 3.24. The van der Waals surface area contributed by atoms with E-state index in [0.717, 1.165) is 49.5 Å². The highest BCUT2D eigenvalue weighted by Crippen LogP contribution is 2.31. The van der Waals surface area contributed by atoms with Crippen molar-refractivity contribution in [1.29, 1.82) is 0 Å². The van der Waals surface area contributed by atoms with Crippen molar-refractivity contribution >= 4 is 17.5 Å². The highest BCUT2D eigenvalue weighted by molar-refractivity contribution is 6.30. The number of benzene rings is 2. The number of hydrogen-bond acceptors (Lipinski definition) is 4. The molecule has 0 bridgehead atoms. The second-order valence-corrected chi connectivity index (χ2v) is 8.20. The molecule has 1 unspecified atom stereocenters. The van der Waals surface area contributed by atoms with Crippen LogP contribution in [0.2, 0.25) is 5.02 Å². The number of hydrogen-bond donors (Lipinski definition) is 1. The molecule has 1 heterocycles. The first kappa shape index (κ1) is 22.4. The van der Waals surface area contributed by atoms with E-state index in [1.165, 1.54) is 5.56 Å². The van der Waals surface area contributed by atoms with Crippen LogP contribution < -0.4 is 14.8 Å². The van der Waals surface area contributed by atoms with Crippen molar-refractivity contribution in [2.24, 2.45) is 5.92 Å². The fraction of sp³-hybridized carbons (Fsp3) is 0.458. The lowest BCUT2D eigenvalue weighted by molar-refractivity contribution is -0.127. The van der Waals surface area contributed by atoms with Gasteiger partial charge in [0.25, 0.3) is 0 Å². The van der Waals surface area contributed by atoms with Crippen LogP contribution in [0.25, 0.3) is 0 Å². The second-order valence-electron chi connectivity index (χ2n) is 7.76. The van der Waals surface area contributed by atoms with Gasteiger partial charge in [-0.15, -0.1) is 0 Å². The predicted molar refractivity (Wildman–Crippen MR) is 120 cm³/mol. The Bertz CT molecular complexity index is 850. The average Bonchev–Trinajstić information content (AvgIpc) is 2.77. The van der Waals surface area contributed by atoms with Crippen molar-refractivity contribution in [3.63, 3.8) is 0 Å². The lowest BCUT2D eigenvalue weighted by Crippen LogP contribution is -2.41. The lowest BCUT2D eigenvalue weighted by Gasteiger charge is -2.32. The van der Waals surface area contributed by atoms with Gasteiger partial charge in [-0.25, -0.2) is 0 Å². The monoisotopic (exact) mass is 430 g/mol. The molecular weight excluding hydrogens is 400 g/mol. The molecule has 3 rings (SSSR count). The number of piperidine rings is 1. The topological polar surface area (TPSA) is 50.8 Å². The summed E-state index contributed by atoms with van der Waals surface area (Å²) in [6.45, 7) is 4.78. The van der Waals surface area contributed by atoms with Gasteiger partial charge in [0.1, 0.15) is 0 Å². The normalized spacial score (nSPS) is 16.1. The van der Waals surface area contributed by atoms with Crippen LogP contribution in [0, 0.1) is 5.92 Å². The minimum Gasteiger partial charge on any atom is -0.493 e. The van der Waals surface area contributed by atoms with Gasteiger partial charge in [0.2, 0.25) is 5.91 Å². The van der Waals surface area contributed by atoms with E-state index in [9.17, 15) is 4.79 Å². The Morgan fingerprint density at radius 1 is 1.13 bits per heavy atom. The summed E-state index contributed by atoms with van der Waals surface area (Å²) in [4.78, 5) is 15.3. The van der Waals surface area contributed by atoms with Gasteiger partial charge >= 0.3 is 0 Å². The van der Waals surface area contributed by atoms with Crippen molar-refractivity contribution < 1.29 is 14.3 Å². The largest absolute Gasteiger partial charge is 0.493 e. The molecule has 30 heavy (non-hydrogen) atoms. The Hall–Kier alpha value is -2.24. The molecule has 0 aromatic heterocycles. The van der Waals surface area contributed by atoms with Gasteiger partial charge in [0.05, 0.1) is 20.3 Å². The van der Waals surface area contributed by atoms with Crippen molar-refractivity contribution in [3.05, 3.63) is 58.6 Å². The van der Waals surface area contributed by atoms with Crippen LogP contribution >= 0.6 is 11.6 Å². The van der Waals surface area contributed by atoms with Crippen molar-refractivity contribution in [2.75, 3.05) is 27.3 Å². The summed E-state index contributed by atoms with van der Waals surface area (Å²) in [5.41, 5.74) is 2.24.